The summed E-state index contributed by atoms with van der Waals surface area (Å²) in [7, 11) is 0. The van der Waals surface area contributed by atoms with Gasteiger partial charge in [0.1, 0.15) is 0 Å². The Morgan fingerprint density at radius 1 is 1.00 bits per heavy atom. The first-order chi connectivity index (χ1) is 12.1. The minimum absolute atomic E-state index is 0.299. The molecule has 0 saturated carbocycles. The lowest BCUT2D eigenvalue weighted by molar-refractivity contribution is -0.184. The summed E-state index contributed by atoms with van der Waals surface area (Å²) >= 11 is 0. The zero-order valence-corrected chi connectivity index (χ0v) is 15.1. The molecule has 1 fully saturated rings. The lowest BCUT2D eigenvalue weighted by Gasteiger charge is -2.29. The Morgan fingerprint density at radius 3 is 2.04 bits per heavy atom. The van der Waals surface area contributed by atoms with Gasteiger partial charge in [-0.25, -0.2) is 0 Å². The molecule has 1 atom stereocenters. The van der Waals surface area contributed by atoms with E-state index in [0.717, 1.165) is 16.7 Å². The van der Waals surface area contributed by atoms with Crippen molar-refractivity contribution >= 4 is 5.97 Å². The molecule has 2 aromatic carbocycles. The fourth-order valence-electron chi connectivity index (χ4n) is 2.89. The summed E-state index contributed by atoms with van der Waals surface area (Å²) < 4.78 is 11.6. The van der Waals surface area contributed by atoms with Gasteiger partial charge in [0.05, 0.1) is 19.1 Å². The highest BCUT2D eigenvalue weighted by molar-refractivity contribution is 5.69. The first-order valence-corrected chi connectivity index (χ1v) is 8.77. The van der Waals surface area contributed by atoms with Crippen molar-refractivity contribution in [3.63, 3.8) is 0 Å². The molecule has 0 aromatic heterocycles. The van der Waals surface area contributed by atoms with E-state index in [4.69, 9.17) is 9.47 Å². The Hall–Kier alpha value is -2.17. The Bertz CT molecular complexity index is 658. The maximum Gasteiger partial charge on any atom is 0.306 e. The maximum atomic E-state index is 11.2. The average molecular weight is 342 g/mol. The summed E-state index contributed by atoms with van der Waals surface area (Å²) in [5, 5.41) is 9.19. The quantitative estimate of drug-likeness (QED) is 0.856. The Morgan fingerprint density at radius 2 is 1.52 bits per heavy atom. The van der Waals surface area contributed by atoms with Gasteiger partial charge in [0.25, 0.3) is 0 Å². The molecule has 1 aliphatic rings. The van der Waals surface area contributed by atoms with E-state index in [1.54, 1.807) is 6.92 Å². The second-order valence-electron chi connectivity index (χ2n) is 5.84. The second kappa shape index (κ2) is 8.79. The van der Waals surface area contributed by atoms with Gasteiger partial charge in [-0.1, -0.05) is 75.4 Å². The van der Waals surface area contributed by atoms with Crippen molar-refractivity contribution in [2.45, 2.75) is 33.0 Å². The van der Waals surface area contributed by atoms with Crippen molar-refractivity contribution in [3.05, 3.63) is 60.2 Å². The molecule has 0 unspecified atom stereocenters. The Balaban J connectivity index is 0.00000109. The standard InChI is InChI=1S/C19H20O4.C2H6/c1-14(18(20)21)13-19(22-11-12-23-19)17-9-7-16(8-10-17)15-5-3-2-4-6-15;1-2/h2-10,14H,11-13H2,1H3,(H,20,21);1-2H3/t14-;/m0./s1. The van der Waals surface area contributed by atoms with Crippen molar-refractivity contribution in [2.24, 2.45) is 5.92 Å². The average Bonchev–Trinajstić information content (AvgIpc) is 3.14. The van der Waals surface area contributed by atoms with Crippen LogP contribution in [0.5, 0.6) is 0 Å². The first-order valence-electron chi connectivity index (χ1n) is 8.77. The van der Waals surface area contributed by atoms with Crippen molar-refractivity contribution in [2.75, 3.05) is 13.2 Å². The van der Waals surface area contributed by atoms with Gasteiger partial charge in [-0.3, -0.25) is 4.79 Å². The van der Waals surface area contributed by atoms with Crippen LogP contribution in [-0.4, -0.2) is 24.3 Å². The maximum absolute atomic E-state index is 11.2. The van der Waals surface area contributed by atoms with Gasteiger partial charge in [0.2, 0.25) is 0 Å². The number of hydrogen-bond donors (Lipinski definition) is 1. The molecule has 0 amide bonds. The van der Waals surface area contributed by atoms with E-state index < -0.39 is 17.7 Å². The largest absolute Gasteiger partial charge is 0.481 e. The van der Waals surface area contributed by atoms with Crippen LogP contribution in [0.15, 0.2) is 54.6 Å². The SMILES string of the molecule is CC.C[C@@H](CC1(c2ccc(-c3ccccc3)cc2)OCCO1)C(=O)O. The Kier molecular flexibility index (Phi) is 6.73. The third-order valence-electron chi connectivity index (χ3n) is 4.18. The molecular weight excluding hydrogens is 316 g/mol. The van der Waals surface area contributed by atoms with Gasteiger partial charge in [0.15, 0.2) is 5.79 Å². The summed E-state index contributed by atoms with van der Waals surface area (Å²) in [5.41, 5.74) is 3.11. The third kappa shape index (κ3) is 4.47. The van der Waals surface area contributed by atoms with Crippen LogP contribution in [0.25, 0.3) is 11.1 Å². The topological polar surface area (TPSA) is 55.8 Å². The molecule has 0 bridgehead atoms. The molecule has 134 valence electrons. The molecule has 2 aromatic rings. The van der Waals surface area contributed by atoms with E-state index in [2.05, 4.69) is 12.1 Å². The van der Waals surface area contributed by atoms with Crippen molar-refractivity contribution < 1.29 is 19.4 Å². The predicted molar refractivity (Wildman–Crippen MR) is 98.2 cm³/mol. The minimum Gasteiger partial charge on any atom is -0.481 e. The number of ether oxygens (including phenoxy) is 2. The van der Waals surface area contributed by atoms with Crippen LogP contribution in [-0.2, 0) is 20.1 Å². The number of carboxylic acids is 1. The smallest absolute Gasteiger partial charge is 0.306 e. The fraction of sp³-hybridized carbons (Fsp3) is 0.381. The number of carbonyl (C=O) groups is 1. The Labute approximate surface area is 149 Å². The van der Waals surface area contributed by atoms with Gasteiger partial charge < -0.3 is 14.6 Å². The molecule has 0 spiro atoms. The van der Waals surface area contributed by atoms with E-state index >= 15 is 0 Å². The monoisotopic (exact) mass is 342 g/mol. The number of aliphatic carboxylic acids is 1. The van der Waals surface area contributed by atoms with Gasteiger partial charge in [-0.15, -0.1) is 0 Å². The van der Waals surface area contributed by atoms with Crippen molar-refractivity contribution in [1.29, 1.82) is 0 Å². The molecule has 1 aliphatic heterocycles. The van der Waals surface area contributed by atoms with E-state index in [-0.39, 0.29) is 0 Å². The van der Waals surface area contributed by atoms with Crippen LogP contribution in [0.2, 0.25) is 0 Å². The summed E-state index contributed by atoms with van der Waals surface area (Å²) in [6.45, 7) is 6.63. The van der Waals surface area contributed by atoms with Crippen LogP contribution in [0.1, 0.15) is 32.8 Å². The lowest BCUT2D eigenvalue weighted by Crippen LogP contribution is -2.31. The number of carboxylic acid groups (broad SMARTS) is 1. The zero-order chi connectivity index (χ0) is 18.3. The summed E-state index contributed by atoms with van der Waals surface area (Å²) in [6.07, 6.45) is 0.299. The van der Waals surface area contributed by atoms with Gasteiger partial charge >= 0.3 is 5.97 Å². The molecule has 4 heteroatoms. The van der Waals surface area contributed by atoms with Gasteiger partial charge in [0, 0.05) is 12.0 Å². The van der Waals surface area contributed by atoms with E-state index in [1.165, 1.54) is 0 Å². The second-order valence-corrected chi connectivity index (χ2v) is 5.84. The molecular formula is C21H26O4. The van der Waals surface area contributed by atoms with Crippen LogP contribution in [0.4, 0.5) is 0 Å². The zero-order valence-electron chi connectivity index (χ0n) is 15.1. The minimum atomic E-state index is -0.951. The highest BCUT2D eigenvalue weighted by Crippen LogP contribution is 2.38. The summed E-state index contributed by atoms with van der Waals surface area (Å²) in [6, 6.07) is 18.1. The van der Waals surface area contributed by atoms with E-state index in [1.807, 2.05) is 56.3 Å². The van der Waals surface area contributed by atoms with Crippen molar-refractivity contribution in [3.8, 4) is 11.1 Å². The molecule has 1 N–H and O–H groups in total. The molecule has 3 rings (SSSR count). The van der Waals surface area contributed by atoms with Crippen LogP contribution < -0.4 is 0 Å². The number of rotatable bonds is 5. The normalized spacial score (nSPS) is 16.6. The molecule has 25 heavy (non-hydrogen) atoms. The highest BCUT2D eigenvalue weighted by atomic mass is 16.7. The molecule has 4 nitrogen and oxygen atoms in total. The van der Waals surface area contributed by atoms with Crippen LogP contribution in [0, 0.1) is 5.92 Å². The van der Waals surface area contributed by atoms with Gasteiger partial charge in [-0.05, 0) is 11.1 Å². The number of benzene rings is 2. The predicted octanol–water partition coefficient (Wildman–Crippen LogP) is 4.69. The number of hydrogen-bond acceptors (Lipinski definition) is 3. The van der Waals surface area contributed by atoms with Crippen LogP contribution >= 0.6 is 0 Å². The molecule has 0 aliphatic carbocycles. The lowest BCUT2D eigenvalue weighted by atomic mass is 9.93. The summed E-state index contributed by atoms with van der Waals surface area (Å²) in [5.74, 6) is -2.33. The van der Waals surface area contributed by atoms with Gasteiger partial charge in [-0.2, -0.15) is 0 Å². The van der Waals surface area contributed by atoms with E-state index in [9.17, 15) is 9.90 Å². The van der Waals surface area contributed by atoms with E-state index in [0.29, 0.717) is 19.6 Å². The molecule has 1 saturated heterocycles. The fourth-order valence-corrected chi connectivity index (χ4v) is 2.89. The van der Waals surface area contributed by atoms with Crippen LogP contribution in [0.3, 0.4) is 0 Å². The summed E-state index contributed by atoms with van der Waals surface area (Å²) in [4.78, 5) is 11.2. The van der Waals surface area contributed by atoms with Crippen molar-refractivity contribution in [1.82, 2.24) is 0 Å². The highest BCUT2D eigenvalue weighted by Gasteiger charge is 2.41. The third-order valence-corrected chi connectivity index (χ3v) is 4.18. The first kappa shape index (κ1) is 19.2. The molecule has 0 radical (unpaired) electrons. The molecule has 1 heterocycles.